The van der Waals surface area contributed by atoms with Gasteiger partial charge in [0.05, 0.1) is 15.9 Å². The number of Topliss-reactive ketones (excluding diaryl/α,β-unsaturated/α-hetero) is 1. The number of rotatable bonds is 5. The van der Waals surface area contributed by atoms with Gasteiger partial charge in [0.1, 0.15) is 12.4 Å². The second-order valence-corrected chi connectivity index (χ2v) is 8.79. The van der Waals surface area contributed by atoms with Crippen molar-refractivity contribution in [2.75, 3.05) is 12.9 Å². The number of carbonyl (C=O) groups excluding carboxylic acids is 1. The lowest BCUT2D eigenvalue weighted by molar-refractivity contribution is 0.0904. The highest BCUT2D eigenvalue weighted by Crippen LogP contribution is 2.27. The third-order valence-electron chi connectivity index (χ3n) is 4.70. The Labute approximate surface area is 167 Å². The third kappa shape index (κ3) is 3.83. The van der Waals surface area contributed by atoms with Gasteiger partial charge in [-0.15, -0.1) is 0 Å². The molecule has 146 valence electrons. The number of H-pyrrole nitrogens is 1. The number of nitrogens with zero attached hydrogens (tertiary/aromatic N) is 1. The molecule has 0 radical (unpaired) electrons. The zero-order valence-electron chi connectivity index (χ0n) is 15.6. The Morgan fingerprint density at radius 2 is 1.69 bits per heavy atom. The van der Waals surface area contributed by atoms with Gasteiger partial charge in [0.2, 0.25) is 0 Å². The smallest absolute Gasteiger partial charge is 0.188 e. The van der Waals surface area contributed by atoms with E-state index in [1.807, 2.05) is 24.3 Å². The number of nitrogens with one attached hydrogen (secondary N) is 1. The highest BCUT2D eigenvalue weighted by molar-refractivity contribution is 7.90. The van der Waals surface area contributed by atoms with Crippen LogP contribution in [0.5, 0.6) is 0 Å². The van der Waals surface area contributed by atoms with E-state index in [1.54, 1.807) is 42.5 Å². The summed E-state index contributed by atoms with van der Waals surface area (Å²) in [6.45, 7) is -0.535. The third-order valence-corrected chi connectivity index (χ3v) is 5.83. The van der Waals surface area contributed by atoms with Gasteiger partial charge in [-0.1, -0.05) is 30.3 Å². The van der Waals surface area contributed by atoms with E-state index in [2.05, 4.69) is 9.97 Å². The van der Waals surface area contributed by atoms with Crippen LogP contribution in [-0.4, -0.2) is 42.1 Å². The Bertz CT molecular complexity index is 1320. The molecule has 3 aromatic carbocycles. The summed E-state index contributed by atoms with van der Waals surface area (Å²) in [7, 11) is -3.23. The maximum atomic E-state index is 11.7. The highest BCUT2D eigenvalue weighted by atomic mass is 32.2. The van der Waals surface area contributed by atoms with Gasteiger partial charge in [-0.2, -0.15) is 0 Å². The summed E-state index contributed by atoms with van der Waals surface area (Å²) in [5, 5.41) is 9.04. The topological polar surface area (TPSA) is 100 Å². The lowest BCUT2D eigenvalue weighted by Gasteiger charge is -2.05. The van der Waals surface area contributed by atoms with Crippen molar-refractivity contribution in [3.05, 3.63) is 72.3 Å². The number of fused-ring (bicyclic) bond motifs is 1. The first-order valence-corrected chi connectivity index (χ1v) is 10.8. The van der Waals surface area contributed by atoms with Crippen molar-refractivity contribution in [2.24, 2.45) is 0 Å². The Morgan fingerprint density at radius 1 is 0.966 bits per heavy atom. The minimum absolute atomic E-state index is 0.280. The standard InChI is InChI=1S/C22H18N2O4S/c1-29(27,28)18-8-5-14(6-9-18)15-3-2-4-17(11-15)22-23-19-10-7-16(21(26)13-25)12-20(19)24-22/h2-12,25H,13H2,1H3,(H,23,24). The Kier molecular flexibility index (Phi) is 4.77. The van der Waals surface area contributed by atoms with Crippen LogP contribution in [0.15, 0.2) is 71.6 Å². The minimum Gasteiger partial charge on any atom is -0.388 e. The fraction of sp³-hybridized carbons (Fsp3) is 0.0909. The van der Waals surface area contributed by atoms with E-state index in [4.69, 9.17) is 5.11 Å². The molecule has 0 aliphatic heterocycles. The number of aromatic amines is 1. The molecule has 7 heteroatoms. The quantitative estimate of drug-likeness (QED) is 0.494. The minimum atomic E-state index is -3.23. The molecule has 4 aromatic rings. The average molecular weight is 406 g/mol. The molecular formula is C22H18N2O4S. The van der Waals surface area contributed by atoms with Gasteiger partial charge in [0, 0.05) is 17.4 Å². The maximum absolute atomic E-state index is 11.7. The van der Waals surface area contributed by atoms with Crippen LogP contribution in [-0.2, 0) is 9.84 Å². The van der Waals surface area contributed by atoms with Crippen molar-refractivity contribution in [3.8, 4) is 22.5 Å². The summed E-state index contributed by atoms with van der Waals surface area (Å²) >= 11 is 0. The molecule has 0 amide bonds. The number of aliphatic hydroxyl groups excluding tert-OH is 1. The summed E-state index contributed by atoms with van der Waals surface area (Å²) in [5.74, 6) is 0.311. The van der Waals surface area contributed by atoms with Crippen molar-refractivity contribution in [3.63, 3.8) is 0 Å². The SMILES string of the molecule is CS(=O)(=O)c1ccc(-c2cccc(-c3nc4ccc(C(=O)CO)cc4[nH]3)c2)cc1. The number of hydrogen-bond acceptors (Lipinski definition) is 5. The lowest BCUT2D eigenvalue weighted by Crippen LogP contribution is -2.03. The van der Waals surface area contributed by atoms with Crippen LogP contribution in [0.2, 0.25) is 0 Å². The zero-order chi connectivity index (χ0) is 20.6. The summed E-state index contributed by atoms with van der Waals surface area (Å²) in [5.41, 5.74) is 4.54. The van der Waals surface area contributed by atoms with Gasteiger partial charge in [-0.25, -0.2) is 13.4 Å². The fourth-order valence-corrected chi connectivity index (χ4v) is 3.78. The fourth-order valence-electron chi connectivity index (χ4n) is 3.15. The molecule has 6 nitrogen and oxygen atoms in total. The summed E-state index contributed by atoms with van der Waals surface area (Å²) < 4.78 is 23.3. The molecule has 1 heterocycles. The van der Waals surface area contributed by atoms with Crippen LogP contribution in [0.4, 0.5) is 0 Å². The Hall–Kier alpha value is -3.29. The van der Waals surface area contributed by atoms with Gasteiger partial charge < -0.3 is 10.1 Å². The van der Waals surface area contributed by atoms with Crippen molar-refractivity contribution >= 4 is 26.7 Å². The second kappa shape index (κ2) is 7.27. The summed E-state index contributed by atoms with van der Waals surface area (Å²) in [4.78, 5) is 19.8. The first-order chi connectivity index (χ1) is 13.8. The average Bonchev–Trinajstić information content (AvgIpc) is 3.16. The number of sulfone groups is 1. The number of hydrogen-bond donors (Lipinski definition) is 2. The van der Waals surface area contributed by atoms with Gasteiger partial charge in [0.25, 0.3) is 0 Å². The molecule has 4 rings (SSSR count). The van der Waals surface area contributed by atoms with Crippen LogP contribution >= 0.6 is 0 Å². The van der Waals surface area contributed by atoms with Gasteiger partial charge in [-0.05, 0) is 47.5 Å². The largest absolute Gasteiger partial charge is 0.388 e. The molecule has 0 fully saturated rings. The predicted molar refractivity (Wildman–Crippen MR) is 111 cm³/mol. The zero-order valence-corrected chi connectivity index (χ0v) is 16.4. The number of aromatic nitrogens is 2. The molecule has 0 saturated carbocycles. The van der Waals surface area contributed by atoms with Gasteiger partial charge >= 0.3 is 0 Å². The first kappa shape index (κ1) is 19.0. The van der Waals surface area contributed by atoms with Crippen LogP contribution in [0.1, 0.15) is 10.4 Å². The van der Waals surface area contributed by atoms with Crippen LogP contribution in [0.3, 0.4) is 0 Å². The molecule has 1 aromatic heterocycles. The van der Waals surface area contributed by atoms with E-state index in [1.165, 1.54) is 6.26 Å². The van der Waals surface area contributed by atoms with E-state index in [0.29, 0.717) is 16.9 Å². The molecule has 0 bridgehead atoms. The van der Waals surface area contributed by atoms with Crippen molar-refractivity contribution < 1.29 is 18.3 Å². The molecule has 0 unspecified atom stereocenters. The molecule has 0 aliphatic carbocycles. The van der Waals surface area contributed by atoms with Gasteiger partial charge in [-0.3, -0.25) is 4.79 Å². The summed E-state index contributed by atoms with van der Waals surface area (Å²) in [6, 6.07) is 19.6. The van der Waals surface area contributed by atoms with E-state index < -0.39 is 16.4 Å². The monoisotopic (exact) mass is 406 g/mol. The maximum Gasteiger partial charge on any atom is 0.188 e. The van der Waals surface area contributed by atoms with E-state index in [-0.39, 0.29) is 10.7 Å². The molecular weight excluding hydrogens is 388 g/mol. The molecule has 2 N–H and O–H groups in total. The molecule has 0 saturated heterocycles. The van der Waals surface area contributed by atoms with E-state index in [9.17, 15) is 13.2 Å². The van der Waals surface area contributed by atoms with Crippen LogP contribution in [0, 0.1) is 0 Å². The number of benzene rings is 3. The highest BCUT2D eigenvalue weighted by Gasteiger charge is 2.11. The Balaban J connectivity index is 1.71. The van der Waals surface area contributed by atoms with Crippen LogP contribution in [0.25, 0.3) is 33.5 Å². The van der Waals surface area contributed by atoms with Crippen molar-refractivity contribution in [2.45, 2.75) is 4.90 Å². The molecule has 0 aliphatic rings. The first-order valence-electron chi connectivity index (χ1n) is 8.90. The van der Waals surface area contributed by atoms with E-state index in [0.717, 1.165) is 22.2 Å². The molecule has 0 atom stereocenters. The van der Waals surface area contributed by atoms with Crippen molar-refractivity contribution in [1.82, 2.24) is 9.97 Å². The molecule has 29 heavy (non-hydrogen) atoms. The van der Waals surface area contributed by atoms with Crippen LogP contribution < -0.4 is 0 Å². The Morgan fingerprint density at radius 3 is 2.38 bits per heavy atom. The lowest BCUT2D eigenvalue weighted by atomic mass is 10.0. The van der Waals surface area contributed by atoms with E-state index >= 15 is 0 Å². The molecule has 0 spiro atoms. The number of carbonyl (C=O) groups is 1. The summed E-state index contributed by atoms with van der Waals surface area (Å²) in [6.07, 6.45) is 1.18. The number of aliphatic hydroxyl groups is 1. The number of ketones is 1. The van der Waals surface area contributed by atoms with Gasteiger partial charge in [0.15, 0.2) is 15.6 Å². The number of imidazole rings is 1. The normalized spacial score (nSPS) is 11.7. The predicted octanol–water partition coefficient (Wildman–Crippen LogP) is 3.48. The second-order valence-electron chi connectivity index (χ2n) is 6.78. The van der Waals surface area contributed by atoms with Crippen molar-refractivity contribution in [1.29, 1.82) is 0 Å².